The van der Waals surface area contributed by atoms with E-state index < -0.39 is 5.91 Å². The summed E-state index contributed by atoms with van der Waals surface area (Å²) >= 11 is 0. The molecule has 0 aliphatic rings. The maximum atomic E-state index is 13.7. The summed E-state index contributed by atoms with van der Waals surface area (Å²) in [6, 6.07) is 16.0. The number of nitrogens with one attached hydrogen (secondary N) is 2. The van der Waals surface area contributed by atoms with Gasteiger partial charge in [0.05, 0.1) is 22.5 Å². The molecule has 1 aromatic carbocycles. The van der Waals surface area contributed by atoms with Crippen LogP contribution in [0.1, 0.15) is 39.2 Å². The largest absolute Gasteiger partial charge is 0.381 e. The van der Waals surface area contributed by atoms with Gasteiger partial charge in [0.1, 0.15) is 5.76 Å². The number of hydrogen-bond acceptors (Lipinski definition) is 7. The number of aromatic nitrogens is 6. The first-order valence-electron chi connectivity index (χ1n) is 14.0. The molecule has 0 saturated carbocycles. The summed E-state index contributed by atoms with van der Waals surface area (Å²) in [5.74, 6) is 0.197. The lowest BCUT2D eigenvalue weighted by atomic mass is 10.1. The molecule has 5 heterocycles. The van der Waals surface area contributed by atoms with Crippen LogP contribution in [-0.2, 0) is 20.6 Å². The third-order valence-corrected chi connectivity index (χ3v) is 7.31. The van der Waals surface area contributed by atoms with Gasteiger partial charge in [0.15, 0.2) is 11.5 Å². The number of carbonyl (C=O) groups excluding carboxylic acids is 2. The van der Waals surface area contributed by atoms with E-state index in [2.05, 4.69) is 25.7 Å². The fourth-order valence-electron chi connectivity index (χ4n) is 5.35. The van der Waals surface area contributed by atoms with Gasteiger partial charge in [0, 0.05) is 67.0 Å². The number of carbonyl (C=O) groups is 2. The van der Waals surface area contributed by atoms with Crippen molar-refractivity contribution in [3.8, 4) is 22.5 Å². The van der Waals surface area contributed by atoms with Crippen molar-refractivity contribution < 1.29 is 14.1 Å². The molecule has 0 bridgehead atoms. The maximum Gasteiger partial charge on any atom is 0.290 e. The average Bonchev–Trinajstić information content (AvgIpc) is 3.66. The summed E-state index contributed by atoms with van der Waals surface area (Å²) in [6.45, 7) is 6.12. The monoisotopic (exact) mass is 590 g/mol. The zero-order chi connectivity index (χ0) is 31.1. The van der Waals surface area contributed by atoms with Crippen LogP contribution in [0.4, 0.5) is 11.5 Å². The smallest absolute Gasteiger partial charge is 0.290 e. The molecule has 2 N–H and O–H groups in total. The van der Waals surface area contributed by atoms with Gasteiger partial charge in [-0.05, 0) is 57.2 Å². The van der Waals surface area contributed by atoms with E-state index in [9.17, 15) is 14.4 Å². The Bertz CT molecular complexity index is 2110. The standard InChI is InChI=1S/C32H30N8O4/c1-6-40-25(24-11-10-21(17-33-24)27-19(3)44-39(5)32(27)43)16-22-14-18(2)34-28(29(22)40)31(42)35-23-9-7-8-20(15-23)30(41)36-26-12-13-38(4)37-26/h7-17H,6H2,1-5H3,(H,35,42)(H,36,37,41). The van der Waals surface area contributed by atoms with Crippen LogP contribution in [0, 0.1) is 13.8 Å². The van der Waals surface area contributed by atoms with E-state index in [1.54, 1.807) is 68.4 Å². The lowest BCUT2D eigenvalue weighted by molar-refractivity contribution is 0.101. The minimum absolute atomic E-state index is 0.226. The van der Waals surface area contributed by atoms with Crippen LogP contribution in [0.2, 0.25) is 0 Å². The van der Waals surface area contributed by atoms with Gasteiger partial charge in [-0.2, -0.15) is 9.84 Å². The summed E-state index contributed by atoms with van der Waals surface area (Å²) in [6.07, 6.45) is 3.39. The van der Waals surface area contributed by atoms with Crippen LogP contribution in [0.5, 0.6) is 0 Å². The fourth-order valence-corrected chi connectivity index (χ4v) is 5.35. The molecule has 6 rings (SSSR count). The van der Waals surface area contributed by atoms with Gasteiger partial charge in [-0.3, -0.25) is 24.0 Å². The molecule has 0 atom stereocenters. The number of anilines is 2. The predicted molar refractivity (Wildman–Crippen MR) is 167 cm³/mol. The zero-order valence-electron chi connectivity index (χ0n) is 24.9. The average molecular weight is 591 g/mol. The Morgan fingerprint density at radius 2 is 1.80 bits per heavy atom. The predicted octanol–water partition coefficient (Wildman–Crippen LogP) is 4.93. The Kier molecular flexibility index (Phi) is 7.17. The van der Waals surface area contributed by atoms with Crippen molar-refractivity contribution in [3.05, 3.63) is 100 Å². The second-order valence-electron chi connectivity index (χ2n) is 10.4. The molecule has 0 aliphatic carbocycles. The Balaban J connectivity index is 1.32. The Morgan fingerprint density at radius 3 is 2.45 bits per heavy atom. The molecule has 6 aromatic rings. The molecule has 222 valence electrons. The van der Waals surface area contributed by atoms with E-state index in [0.717, 1.165) is 11.1 Å². The lowest BCUT2D eigenvalue weighted by Gasteiger charge is -2.12. The normalized spacial score (nSPS) is 11.2. The molecule has 0 radical (unpaired) electrons. The first-order chi connectivity index (χ1) is 21.1. The SMILES string of the molecule is CCn1c(-c2ccc(-c3c(C)on(C)c3=O)cn2)cc2cc(C)nc(C(=O)Nc3cccc(C(=O)Nc4ccn(C)n4)c3)c21. The minimum Gasteiger partial charge on any atom is -0.381 e. The highest BCUT2D eigenvalue weighted by molar-refractivity contribution is 6.12. The van der Waals surface area contributed by atoms with Gasteiger partial charge in [0.2, 0.25) is 0 Å². The lowest BCUT2D eigenvalue weighted by Crippen LogP contribution is -2.17. The summed E-state index contributed by atoms with van der Waals surface area (Å²) in [5, 5.41) is 10.7. The van der Waals surface area contributed by atoms with Crippen molar-refractivity contribution in [2.24, 2.45) is 14.1 Å². The Labute approximate surface area is 251 Å². The van der Waals surface area contributed by atoms with E-state index in [1.165, 1.54) is 4.74 Å². The van der Waals surface area contributed by atoms with E-state index in [0.29, 0.717) is 57.4 Å². The maximum absolute atomic E-state index is 13.7. The van der Waals surface area contributed by atoms with Gasteiger partial charge in [-0.15, -0.1) is 0 Å². The number of benzene rings is 1. The number of rotatable bonds is 7. The first-order valence-corrected chi connectivity index (χ1v) is 14.0. The van der Waals surface area contributed by atoms with Crippen molar-refractivity contribution in [1.82, 2.24) is 29.1 Å². The highest BCUT2D eigenvalue weighted by Crippen LogP contribution is 2.31. The van der Waals surface area contributed by atoms with Gasteiger partial charge in [-0.1, -0.05) is 12.1 Å². The van der Waals surface area contributed by atoms with Crippen molar-refractivity contribution in [1.29, 1.82) is 0 Å². The third kappa shape index (κ3) is 5.17. The molecular formula is C32H30N8O4. The second kappa shape index (κ2) is 11.1. The molecule has 2 amide bonds. The van der Waals surface area contributed by atoms with E-state index in [-0.39, 0.29) is 17.2 Å². The van der Waals surface area contributed by atoms with Crippen LogP contribution in [-0.4, -0.2) is 40.9 Å². The number of fused-ring (bicyclic) bond motifs is 1. The van der Waals surface area contributed by atoms with Crippen LogP contribution in [0.15, 0.2) is 76.3 Å². The van der Waals surface area contributed by atoms with Gasteiger partial charge < -0.3 is 19.7 Å². The van der Waals surface area contributed by atoms with Gasteiger partial charge in [-0.25, -0.2) is 4.98 Å². The number of amides is 2. The zero-order valence-corrected chi connectivity index (χ0v) is 24.9. The molecule has 0 fully saturated rings. The Morgan fingerprint density at radius 1 is 0.977 bits per heavy atom. The van der Waals surface area contributed by atoms with Crippen molar-refractivity contribution in [3.63, 3.8) is 0 Å². The molecular weight excluding hydrogens is 560 g/mol. The van der Waals surface area contributed by atoms with Gasteiger partial charge >= 0.3 is 0 Å². The molecule has 0 aliphatic heterocycles. The second-order valence-corrected chi connectivity index (χ2v) is 10.4. The topological polar surface area (TPSA) is 142 Å². The molecule has 0 unspecified atom stereocenters. The van der Waals surface area contributed by atoms with E-state index in [1.807, 2.05) is 42.7 Å². The van der Waals surface area contributed by atoms with Gasteiger partial charge in [0.25, 0.3) is 17.4 Å². The molecule has 5 aromatic heterocycles. The number of pyridine rings is 2. The summed E-state index contributed by atoms with van der Waals surface area (Å²) in [7, 11) is 3.33. The van der Waals surface area contributed by atoms with Crippen molar-refractivity contribution in [2.45, 2.75) is 27.3 Å². The number of nitrogens with zero attached hydrogens (tertiary/aromatic N) is 6. The molecule has 0 spiro atoms. The molecule has 12 heteroatoms. The molecule has 44 heavy (non-hydrogen) atoms. The summed E-state index contributed by atoms with van der Waals surface area (Å²) in [4.78, 5) is 48.3. The van der Waals surface area contributed by atoms with Crippen LogP contribution >= 0.6 is 0 Å². The van der Waals surface area contributed by atoms with Crippen molar-refractivity contribution >= 4 is 34.2 Å². The van der Waals surface area contributed by atoms with Crippen LogP contribution in [0.3, 0.4) is 0 Å². The fraction of sp³-hybridized carbons (Fsp3) is 0.188. The number of aryl methyl sites for hydroxylation is 5. The summed E-state index contributed by atoms with van der Waals surface area (Å²) in [5.41, 5.74) is 4.82. The minimum atomic E-state index is -0.407. The van der Waals surface area contributed by atoms with Crippen LogP contribution in [0.25, 0.3) is 33.4 Å². The quantitative estimate of drug-likeness (QED) is 0.268. The van der Waals surface area contributed by atoms with E-state index in [4.69, 9.17) is 4.52 Å². The highest BCUT2D eigenvalue weighted by Gasteiger charge is 2.21. The van der Waals surface area contributed by atoms with Crippen molar-refractivity contribution in [2.75, 3.05) is 10.6 Å². The first kappa shape index (κ1) is 28.3. The number of hydrogen-bond donors (Lipinski definition) is 2. The van der Waals surface area contributed by atoms with Crippen LogP contribution < -0.4 is 16.2 Å². The third-order valence-electron chi connectivity index (χ3n) is 7.31. The summed E-state index contributed by atoms with van der Waals surface area (Å²) < 4.78 is 10.2. The Hall–Kier alpha value is -5.78. The van der Waals surface area contributed by atoms with E-state index >= 15 is 0 Å². The highest BCUT2D eigenvalue weighted by atomic mass is 16.5. The molecule has 12 nitrogen and oxygen atoms in total. The molecule has 0 saturated heterocycles.